The molecule has 2 nitrogen and oxygen atoms in total. The molecular formula is C18H26N2S. The predicted molar refractivity (Wildman–Crippen MR) is 92.1 cm³/mol. The molecule has 0 saturated heterocycles. The van der Waals surface area contributed by atoms with Gasteiger partial charge >= 0.3 is 0 Å². The van der Waals surface area contributed by atoms with Gasteiger partial charge in [-0.15, -0.1) is 11.3 Å². The van der Waals surface area contributed by atoms with E-state index in [1.807, 2.05) is 11.3 Å². The van der Waals surface area contributed by atoms with Gasteiger partial charge in [-0.2, -0.15) is 0 Å². The Balaban J connectivity index is 2.04. The first-order valence-electron chi connectivity index (χ1n) is 7.74. The summed E-state index contributed by atoms with van der Waals surface area (Å²) in [6.45, 7) is 9.72. The fourth-order valence-corrected chi connectivity index (χ4v) is 3.49. The van der Waals surface area contributed by atoms with Gasteiger partial charge in [0.25, 0.3) is 0 Å². The van der Waals surface area contributed by atoms with Crippen LogP contribution in [0.2, 0.25) is 0 Å². The molecule has 0 saturated carbocycles. The van der Waals surface area contributed by atoms with Crippen LogP contribution in [0, 0.1) is 19.8 Å². The Morgan fingerprint density at radius 3 is 2.38 bits per heavy atom. The third-order valence-corrected chi connectivity index (χ3v) is 4.81. The minimum Gasteiger partial charge on any atom is -0.314 e. The summed E-state index contributed by atoms with van der Waals surface area (Å²) in [6.07, 6.45) is 2.17. The molecule has 0 bridgehead atoms. The fourth-order valence-electron chi connectivity index (χ4n) is 2.44. The molecule has 1 atom stereocenters. The van der Waals surface area contributed by atoms with Gasteiger partial charge in [-0.05, 0) is 38.3 Å². The topological polar surface area (TPSA) is 24.9 Å². The molecule has 1 heterocycles. The molecule has 0 fully saturated rings. The number of aryl methyl sites for hydroxylation is 2. The van der Waals surface area contributed by atoms with Crippen molar-refractivity contribution in [2.75, 3.05) is 6.54 Å². The highest BCUT2D eigenvalue weighted by molar-refractivity contribution is 7.11. The molecule has 3 heteroatoms. The molecule has 1 N–H and O–H groups in total. The quantitative estimate of drug-likeness (QED) is 0.830. The summed E-state index contributed by atoms with van der Waals surface area (Å²) in [5.41, 5.74) is 2.60. The van der Waals surface area contributed by atoms with Crippen LogP contribution >= 0.6 is 11.3 Å². The van der Waals surface area contributed by atoms with Crippen LogP contribution in [0.25, 0.3) is 0 Å². The van der Waals surface area contributed by atoms with Gasteiger partial charge in [0.2, 0.25) is 0 Å². The minimum atomic E-state index is 0.531. The van der Waals surface area contributed by atoms with E-state index < -0.39 is 0 Å². The van der Waals surface area contributed by atoms with E-state index in [1.54, 1.807) is 0 Å². The third-order valence-electron chi connectivity index (χ3n) is 3.72. The van der Waals surface area contributed by atoms with E-state index in [9.17, 15) is 0 Å². The molecule has 2 rings (SSSR count). The summed E-state index contributed by atoms with van der Waals surface area (Å²) in [6, 6.07) is 11.3. The molecule has 114 valence electrons. The number of hydrogen-bond acceptors (Lipinski definition) is 3. The van der Waals surface area contributed by atoms with Gasteiger partial charge in [-0.25, -0.2) is 4.98 Å². The maximum atomic E-state index is 4.71. The maximum Gasteiger partial charge on any atom is 0.0934 e. The zero-order chi connectivity index (χ0) is 15.2. The van der Waals surface area contributed by atoms with E-state index in [2.05, 4.69) is 63.3 Å². The Bertz CT molecular complexity index is 526. The van der Waals surface area contributed by atoms with E-state index in [1.165, 1.54) is 21.1 Å². The zero-order valence-corrected chi connectivity index (χ0v) is 14.3. The molecule has 0 amide bonds. The van der Waals surface area contributed by atoms with Crippen molar-refractivity contribution in [2.24, 2.45) is 5.92 Å². The standard InChI is InChI=1S/C18H26N2S/c1-13(2)19-12-17(10-16-8-6-5-7-9-16)11-18-20-14(3)15(4)21-18/h5-9,13,17,19H,10-12H2,1-4H3. The van der Waals surface area contributed by atoms with Gasteiger partial charge in [-0.3, -0.25) is 0 Å². The average molecular weight is 302 g/mol. The molecule has 1 aromatic heterocycles. The highest BCUT2D eigenvalue weighted by atomic mass is 32.1. The Hall–Kier alpha value is -1.19. The summed E-state index contributed by atoms with van der Waals surface area (Å²) in [5.74, 6) is 0.597. The molecule has 0 spiro atoms. The van der Waals surface area contributed by atoms with Gasteiger partial charge in [0.15, 0.2) is 0 Å². The SMILES string of the molecule is Cc1nc(CC(CNC(C)C)Cc2ccccc2)sc1C. The Morgan fingerprint density at radius 2 is 1.81 bits per heavy atom. The van der Waals surface area contributed by atoms with Crippen LogP contribution in [0.5, 0.6) is 0 Å². The third kappa shape index (κ3) is 5.25. The zero-order valence-electron chi connectivity index (χ0n) is 13.5. The van der Waals surface area contributed by atoms with Crippen LogP contribution in [-0.2, 0) is 12.8 Å². The molecule has 0 radical (unpaired) electrons. The van der Waals surface area contributed by atoms with Crippen LogP contribution in [0.4, 0.5) is 0 Å². The van der Waals surface area contributed by atoms with Gasteiger partial charge < -0.3 is 5.32 Å². The molecule has 1 unspecified atom stereocenters. The largest absolute Gasteiger partial charge is 0.314 e. The smallest absolute Gasteiger partial charge is 0.0934 e. The lowest BCUT2D eigenvalue weighted by atomic mass is 9.96. The number of rotatable bonds is 7. The monoisotopic (exact) mass is 302 g/mol. The summed E-state index contributed by atoms with van der Waals surface area (Å²) in [4.78, 5) is 6.06. The molecule has 0 aliphatic carbocycles. The van der Waals surface area contributed by atoms with Gasteiger partial charge in [-0.1, -0.05) is 44.2 Å². The molecule has 21 heavy (non-hydrogen) atoms. The summed E-state index contributed by atoms with van der Waals surface area (Å²) < 4.78 is 0. The number of thiazole rings is 1. The normalized spacial score (nSPS) is 12.8. The highest BCUT2D eigenvalue weighted by Crippen LogP contribution is 2.21. The first-order chi connectivity index (χ1) is 10.0. The van der Waals surface area contributed by atoms with E-state index in [4.69, 9.17) is 4.98 Å². The van der Waals surface area contributed by atoms with Crippen molar-refractivity contribution in [3.05, 3.63) is 51.5 Å². The number of aromatic nitrogens is 1. The van der Waals surface area contributed by atoms with Crippen molar-refractivity contribution in [3.63, 3.8) is 0 Å². The van der Waals surface area contributed by atoms with Gasteiger partial charge in [0.05, 0.1) is 10.7 Å². The van der Waals surface area contributed by atoms with Crippen molar-refractivity contribution < 1.29 is 0 Å². The highest BCUT2D eigenvalue weighted by Gasteiger charge is 2.14. The second-order valence-electron chi connectivity index (χ2n) is 6.07. The van der Waals surface area contributed by atoms with Gasteiger partial charge in [0, 0.05) is 17.3 Å². The first-order valence-corrected chi connectivity index (χ1v) is 8.56. The lowest BCUT2D eigenvalue weighted by Crippen LogP contribution is -2.31. The second kappa shape index (κ2) is 7.71. The fraction of sp³-hybridized carbons (Fsp3) is 0.500. The van der Waals surface area contributed by atoms with Gasteiger partial charge in [0.1, 0.15) is 0 Å². The summed E-state index contributed by atoms with van der Waals surface area (Å²) in [5, 5.41) is 4.86. The van der Waals surface area contributed by atoms with Crippen LogP contribution in [0.3, 0.4) is 0 Å². The Morgan fingerprint density at radius 1 is 1.10 bits per heavy atom. The Labute approximate surface area is 132 Å². The van der Waals surface area contributed by atoms with Crippen molar-refractivity contribution in [1.29, 1.82) is 0 Å². The minimum absolute atomic E-state index is 0.531. The van der Waals surface area contributed by atoms with Crippen molar-refractivity contribution in [1.82, 2.24) is 10.3 Å². The maximum absolute atomic E-state index is 4.71. The first kappa shape index (κ1) is 16.2. The molecule has 0 aliphatic heterocycles. The van der Waals surface area contributed by atoms with Crippen molar-refractivity contribution >= 4 is 11.3 Å². The average Bonchev–Trinajstić information content (AvgIpc) is 2.76. The predicted octanol–water partition coefficient (Wildman–Crippen LogP) is 4.16. The lowest BCUT2D eigenvalue weighted by Gasteiger charge is -2.18. The molecule has 0 aliphatic rings. The van der Waals surface area contributed by atoms with Crippen molar-refractivity contribution in [2.45, 2.75) is 46.6 Å². The number of hydrogen-bond donors (Lipinski definition) is 1. The molecule has 2 aromatic rings. The van der Waals surface area contributed by atoms with Crippen LogP contribution < -0.4 is 5.32 Å². The summed E-state index contributed by atoms with van der Waals surface area (Å²) in [7, 11) is 0. The van der Waals surface area contributed by atoms with Crippen molar-refractivity contribution in [3.8, 4) is 0 Å². The van der Waals surface area contributed by atoms with Crippen LogP contribution in [-0.4, -0.2) is 17.6 Å². The van der Waals surface area contributed by atoms with E-state index in [-0.39, 0.29) is 0 Å². The summed E-state index contributed by atoms with van der Waals surface area (Å²) >= 11 is 1.85. The van der Waals surface area contributed by atoms with E-state index in [0.717, 1.165) is 19.4 Å². The number of nitrogens with zero attached hydrogens (tertiary/aromatic N) is 1. The number of nitrogens with one attached hydrogen (secondary N) is 1. The lowest BCUT2D eigenvalue weighted by molar-refractivity contribution is 0.443. The van der Waals surface area contributed by atoms with Crippen LogP contribution in [0.1, 0.15) is 35.0 Å². The second-order valence-corrected chi connectivity index (χ2v) is 7.36. The van der Waals surface area contributed by atoms with E-state index >= 15 is 0 Å². The number of benzene rings is 1. The Kier molecular flexibility index (Phi) is 5.95. The van der Waals surface area contributed by atoms with E-state index in [0.29, 0.717) is 12.0 Å². The molecular weight excluding hydrogens is 276 g/mol. The molecule has 1 aromatic carbocycles. The van der Waals surface area contributed by atoms with Crippen LogP contribution in [0.15, 0.2) is 30.3 Å².